The summed E-state index contributed by atoms with van der Waals surface area (Å²) in [5, 5.41) is 10.7. The summed E-state index contributed by atoms with van der Waals surface area (Å²) >= 11 is 0. The van der Waals surface area contributed by atoms with Crippen LogP contribution in [0.25, 0.3) is 0 Å². The monoisotopic (exact) mass is 234 g/mol. The van der Waals surface area contributed by atoms with Crippen molar-refractivity contribution < 1.29 is 9.84 Å². The molecule has 0 aliphatic heterocycles. The molecule has 1 aliphatic carbocycles. The molecule has 1 aliphatic rings. The normalized spacial score (nSPS) is 20.9. The van der Waals surface area contributed by atoms with E-state index < -0.39 is 5.60 Å². The predicted molar refractivity (Wildman–Crippen MR) is 69.4 cm³/mol. The van der Waals surface area contributed by atoms with Gasteiger partial charge in [-0.3, -0.25) is 0 Å². The standard InChI is InChI=1S/C15H22O2/c1-12(15(16)10-4-3-5-11-15)13-6-8-14(17-2)9-7-13/h6-9,12,16H,3-5,10-11H2,1-2H3. The Morgan fingerprint density at radius 1 is 1.12 bits per heavy atom. The Morgan fingerprint density at radius 3 is 2.24 bits per heavy atom. The summed E-state index contributed by atoms with van der Waals surface area (Å²) in [6.07, 6.45) is 5.42. The zero-order valence-electron chi connectivity index (χ0n) is 10.8. The largest absolute Gasteiger partial charge is 0.497 e. The van der Waals surface area contributed by atoms with E-state index in [1.54, 1.807) is 7.11 Å². The lowest BCUT2D eigenvalue weighted by Crippen LogP contribution is -2.36. The van der Waals surface area contributed by atoms with Crippen LogP contribution in [0.5, 0.6) is 5.75 Å². The Morgan fingerprint density at radius 2 is 1.71 bits per heavy atom. The van der Waals surface area contributed by atoms with Gasteiger partial charge in [-0.2, -0.15) is 0 Å². The Kier molecular flexibility index (Phi) is 3.72. The van der Waals surface area contributed by atoms with Crippen LogP contribution in [0, 0.1) is 0 Å². The van der Waals surface area contributed by atoms with E-state index in [1.807, 2.05) is 12.1 Å². The quantitative estimate of drug-likeness (QED) is 0.867. The van der Waals surface area contributed by atoms with Gasteiger partial charge in [-0.05, 0) is 30.5 Å². The minimum atomic E-state index is -0.507. The maximum atomic E-state index is 10.7. The van der Waals surface area contributed by atoms with E-state index in [0.29, 0.717) is 0 Å². The molecule has 1 unspecified atom stereocenters. The molecule has 1 aromatic carbocycles. The van der Waals surface area contributed by atoms with Crippen LogP contribution in [-0.4, -0.2) is 17.8 Å². The highest BCUT2D eigenvalue weighted by Gasteiger charge is 2.35. The molecule has 0 bridgehead atoms. The third kappa shape index (κ3) is 2.63. The predicted octanol–water partition coefficient (Wildman–Crippen LogP) is 3.49. The highest BCUT2D eigenvalue weighted by Crippen LogP contribution is 2.39. The van der Waals surface area contributed by atoms with Gasteiger partial charge in [0.25, 0.3) is 0 Å². The number of benzene rings is 1. The Bertz CT molecular complexity index is 350. The van der Waals surface area contributed by atoms with Crippen molar-refractivity contribution in [2.45, 2.75) is 50.5 Å². The van der Waals surface area contributed by atoms with Gasteiger partial charge >= 0.3 is 0 Å². The SMILES string of the molecule is COc1ccc(C(C)C2(O)CCCCC2)cc1. The van der Waals surface area contributed by atoms with Gasteiger partial charge in [-0.15, -0.1) is 0 Å². The molecule has 1 atom stereocenters. The van der Waals surface area contributed by atoms with Crippen LogP contribution in [0.15, 0.2) is 24.3 Å². The second-order valence-electron chi connectivity index (χ2n) is 5.16. The minimum Gasteiger partial charge on any atom is -0.497 e. The lowest BCUT2D eigenvalue weighted by molar-refractivity contribution is -0.0168. The van der Waals surface area contributed by atoms with Gasteiger partial charge < -0.3 is 9.84 Å². The Labute approximate surface area is 104 Å². The van der Waals surface area contributed by atoms with Crippen molar-refractivity contribution >= 4 is 0 Å². The van der Waals surface area contributed by atoms with Crippen molar-refractivity contribution in [1.29, 1.82) is 0 Å². The molecule has 2 rings (SSSR count). The van der Waals surface area contributed by atoms with Gasteiger partial charge in [0.2, 0.25) is 0 Å². The molecule has 2 nitrogen and oxygen atoms in total. The maximum Gasteiger partial charge on any atom is 0.118 e. The second-order valence-corrected chi connectivity index (χ2v) is 5.16. The first-order chi connectivity index (χ1) is 8.15. The molecule has 1 N–H and O–H groups in total. The van der Waals surface area contributed by atoms with Crippen molar-refractivity contribution in [2.75, 3.05) is 7.11 Å². The third-order valence-electron chi connectivity index (χ3n) is 4.14. The summed E-state index contributed by atoms with van der Waals surface area (Å²) in [6.45, 7) is 2.13. The topological polar surface area (TPSA) is 29.5 Å². The zero-order valence-corrected chi connectivity index (χ0v) is 10.8. The number of hydrogen-bond donors (Lipinski definition) is 1. The van der Waals surface area contributed by atoms with Crippen molar-refractivity contribution in [3.8, 4) is 5.75 Å². The van der Waals surface area contributed by atoms with E-state index in [2.05, 4.69) is 19.1 Å². The number of hydrogen-bond acceptors (Lipinski definition) is 2. The molecule has 0 radical (unpaired) electrons. The summed E-state index contributed by atoms with van der Waals surface area (Å²) in [4.78, 5) is 0. The van der Waals surface area contributed by atoms with Crippen LogP contribution in [0.3, 0.4) is 0 Å². The molecule has 0 spiro atoms. The molecule has 17 heavy (non-hydrogen) atoms. The van der Waals surface area contributed by atoms with E-state index in [1.165, 1.54) is 12.0 Å². The molecular formula is C15H22O2. The van der Waals surface area contributed by atoms with Crippen LogP contribution in [0.1, 0.15) is 50.5 Å². The van der Waals surface area contributed by atoms with E-state index in [9.17, 15) is 5.11 Å². The summed E-state index contributed by atoms with van der Waals surface area (Å²) in [6, 6.07) is 8.07. The highest BCUT2D eigenvalue weighted by atomic mass is 16.5. The van der Waals surface area contributed by atoms with E-state index >= 15 is 0 Å². The van der Waals surface area contributed by atoms with Crippen LogP contribution in [0.2, 0.25) is 0 Å². The fourth-order valence-electron chi connectivity index (χ4n) is 2.80. The van der Waals surface area contributed by atoms with Crippen LogP contribution in [0.4, 0.5) is 0 Å². The second kappa shape index (κ2) is 5.09. The molecule has 0 aromatic heterocycles. The first kappa shape index (κ1) is 12.4. The van der Waals surface area contributed by atoms with Gasteiger partial charge in [-0.1, -0.05) is 38.3 Å². The Hall–Kier alpha value is -1.02. The van der Waals surface area contributed by atoms with E-state index in [4.69, 9.17) is 4.74 Å². The van der Waals surface area contributed by atoms with Gasteiger partial charge in [0.05, 0.1) is 12.7 Å². The molecule has 2 heteroatoms. The van der Waals surface area contributed by atoms with Crippen molar-refractivity contribution in [3.05, 3.63) is 29.8 Å². The van der Waals surface area contributed by atoms with Crippen LogP contribution >= 0.6 is 0 Å². The van der Waals surface area contributed by atoms with Gasteiger partial charge in [0.1, 0.15) is 5.75 Å². The highest BCUT2D eigenvalue weighted by molar-refractivity contribution is 5.30. The number of aliphatic hydroxyl groups is 1. The van der Waals surface area contributed by atoms with Gasteiger partial charge in [0.15, 0.2) is 0 Å². The first-order valence-corrected chi connectivity index (χ1v) is 6.52. The van der Waals surface area contributed by atoms with Crippen molar-refractivity contribution in [2.24, 2.45) is 0 Å². The first-order valence-electron chi connectivity index (χ1n) is 6.52. The van der Waals surface area contributed by atoms with Gasteiger partial charge in [-0.25, -0.2) is 0 Å². The molecule has 1 saturated carbocycles. The van der Waals surface area contributed by atoms with Crippen molar-refractivity contribution in [3.63, 3.8) is 0 Å². The maximum absolute atomic E-state index is 10.7. The summed E-state index contributed by atoms with van der Waals surface area (Å²) in [5.41, 5.74) is 0.697. The average molecular weight is 234 g/mol. The molecule has 1 aromatic rings. The molecule has 0 saturated heterocycles. The van der Waals surface area contributed by atoms with Crippen LogP contribution < -0.4 is 4.74 Å². The number of ether oxygens (including phenoxy) is 1. The number of methoxy groups -OCH3 is 1. The summed E-state index contributed by atoms with van der Waals surface area (Å²) < 4.78 is 5.16. The van der Waals surface area contributed by atoms with Gasteiger partial charge in [0, 0.05) is 5.92 Å². The fraction of sp³-hybridized carbons (Fsp3) is 0.600. The summed E-state index contributed by atoms with van der Waals surface area (Å²) in [5.74, 6) is 1.07. The zero-order chi connectivity index (χ0) is 12.3. The third-order valence-corrected chi connectivity index (χ3v) is 4.14. The molecule has 0 amide bonds. The molecule has 0 heterocycles. The lowest BCUT2D eigenvalue weighted by Gasteiger charge is -2.37. The molecular weight excluding hydrogens is 212 g/mol. The smallest absolute Gasteiger partial charge is 0.118 e. The average Bonchev–Trinajstić information content (AvgIpc) is 2.39. The van der Waals surface area contributed by atoms with E-state index in [0.717, 1.165) is 31.4 Å². The van der Waals surface area contributed by atoms with Crippen molar-refractivity contribution in [1.82, 2.24) is 0 Å². The molecule has 94 valence electrons. The fourth-order valence-corrected chi connectivity index (χ4v) is 2.80. The number of rotatable bonds is 3. The molecule has 1 fully saturated rings. The summed E-state index contributed by atoms with van der Waals surface area (Å²) in [7, 11) is 1.67. The van der Waals surface area contributed by atoms with E-state index in [-0.39, 0.29) is 5.92 Å². The lowest BCUT2D eigenvalue weighted by atomic mass is 9.74. The minimum absolute atomic E-state index is 0.203. The Balaban J connectivity index is 2.14. The van der Waals surface area contributed by atoms with Crippen LogP contribution in [-0.2, 0) is 0 Å².